The molecule has 0 spiro atoms. The fourth-order valence-electron chi connectivity index (χ4n) is 3.01. The van der Waals surface area contributed by atoms with Gasteiger partial charge in [-0.15, -0.1) is 0 Å². The number of hydrogen-bond acceptors (Lipinski definition) is 6. The van der Waals surface area contributed by atoms with E-state index in [4.69, 9.17) is 27.9 Å². The smallest absolute Gasteiger partial charge is 0.269 e. The zero-order chi connectivity index (χ0) is 20.7. The lowest BCUT2D eigenvalue weighted by atomic mass is 10.3. The fourth-order valence-corrected chi connectivity index (χ4v) is 5.69. The molecule has 0 aromatic heterocycles. The molecule has 0 unspecified atom stereocenters. The van der Waals surface area contributed by atoms with Crippen molar-refractivity contribution in [2.24, 2.45) is 4.99 Å². The van der Waals surface area contributed by atoms with Crippen molar-refractivity contribution in [3.05, 3.63) is 56.4 Å². The highest BCUT2D eigenvalue weighted by Crippen LogP contribution is 2.51. The maximum absolute atomic E-state index is 13.1. The number of carbonyl (C=O) groups is 1. The van der Waals surface area contributed by atoms with Crippen molar-refractivity contribution in [3.63, 3.8) is 0 Å². The number of halogens is 2. The van der Waals surface area contributed by atoms with E-state index >= 15 is 0 Å². The van der Waals surface area contributed by atoms with Gasteiger partial charge in [0.25, 0.3) is 5.91 Å². The molecule has 0 saturated carbocycles. The van der Waals surface area contributed by atoms with Gasteiger partial charge in [-0.2, -0.15) is 0 Å². The van der Waals surface area contributed by atoms with E-state index in [0.717, 1.165) is 21.4 Å². The van der Waals surface area contributed by atoms with Gasteiger partial charge in [0.05, 0.1) is 33.6 Å². The monoisotopic (exact) mass is 465 g/mol. The van der Waals surface area contributed by atoms with Gasteiger partial charge >= 0.3 is 0 Å². The third kappa shape index (κ3) is 3.72. The van der Waals surface area contributed by atoms with E-state index in [0.29, 0.717) is 32.4 Å². The number of amides is 1. The number of carbonyl (C=O) groups excluding carboxylic acids is 1. The van der Waals surface area contributed by atoms with Crippen molar-refractivity contribution in [3.8, 4) is 5.75 Å². The standard InChI is InChI=1S/C20H17Cl2N3O2S2/c1-4-25-18(26)17(29-20(25)23-11-5-7-13(21)14(22)9-11)19-24(2)15-10-12(27-3)6-8-16(15)28-19/h5-10H,4H2,1-3H3/b19-17-,23-20?. The summed E-state index contributed by atoms with van der Waals surface area (Å²) in [6, 6.07) is 11.1. The summed E-state index contributed by atoms with van der Waals surface area (Å²) in [6.07, 6.45) is 0. The number of aliphatic imine (C=N–C) groups is 1. The average Bonchev–Trinajstić information content (AvgIpc) is 3.20. The number of likely N-dealkylation sites (N-methyl/N-ethyl adjacent to an activating group) is 1. The van der Waals surface area contributed by atoms with Gasteiger partial charge in [0, 0.05) is 24.6 Å². The van der Waals surface area contributed by atoms with Crippen LogP contribution in [0.15, 0.2) is 56.2 Å². The molecule has 0 aliphatic carbocycles. The summed E-state index contributed by atoms with van der Waals surface area (Å²) in [6.45, 7) is 2.46. The summed E-state index contributed by atoms with van der Waals surface area (Å²) in [4.78, 5) is 23.2. The summed E-state index contributed by atoms with van der Waals surface area (Å²) >= 11 is 15.1. The van der Waals surface area contributed by atoms with Crippen LogP contribution in [0.5, 0.6) is 5.75 Å². The van der Waals surface area contributed by atoms with Crippen LogP contribution in [0, 0.1) is 0 Å². The van der Waals surface area contributed by atoms with Crippen LogP contribution in [0.3, 0.4) is 0 Å². The number of hydrogen-bond donors (Lipinski definition) is 0. The first-order chi connectivity index (χ1) is 13.9. The molecular weight excluding hydrogens is 449 g/mol. The van der Waals surface area contributed by atoms with Gasteiger partial charge in [-0.1, -0.05) is 35.0 Å². The number of fused-ring (bicyclic) bond motifs is 1. The molecule has 150 valence electrons. The number of methoxy groups -OCH3 is 1. The average molecular weight is 466 g/mol. The number of amidine groups is 1. The van der Waals surface area contributed by atoms with E-state index in [2.05, 4.69) is 4.99 Å². The number of ether oxygens (including phenoxy) is 1. The highest BCUT2D eigenvalue weighted by atomic mass is 35.5. The van der Waals surface area contributed by atoms with Gasteiger partial charge < -0.3 is 9.64 Å². The Labute approximate surface area is 187 Å². The van der Waals surface area contributed by atoms with Gasteiger partial charge in [-0.3, -0.25) is 9.69 Å². The fraction of sp³-hybridized carbons (Fsp3) is 0.200. The van der Waals surface area contributed by atoms with Crippen molar-refractivity contribution < 1.29 is 9.53 Å². The Kier molecular flexibility index (Phi) is 5.75. The second-order valence-corrected chi connectivity index (χ2v) is 9.10. The minimum absolute atomic E-state index is 0.0505. The Bertz CT molecular complexity index is 1070. The van der Waals surface area contributed by atoms with Crippen LogP contribution >= 0.6 is 46.7 Å². The van der Waals surface area contributed by atoms with Crippen LogP contribution in [-0.4, -0.2) is 36.7 Å². The van der Waals surface area contributed by atoms with Gasteiger partial charge in [0.15, 0.2) is 5.17 Å². The molecule has 0 atom stereocenters. The molecule has 0 radical (unpaired) electrons. The molecule has 2 aliphatic rings. The van der Waals surface area contributed by atoms with Crippen molar-refractivity contribution in [2.75, 3.05) is 25.6 Å². The molecule has 4 rings (SSSR count). The number of anilines is 1. The zero-order valence-corrected chi connectivity index (χ0v) is 19.0. The van der Waals surface area contributed by atoms with E-state index in [1.165, 1.54) is 11.8 Å². The SMILES string of the molecule is CCN1C(=O)/C(=C2/Sc3ccc(OC)cc3N2C)SC1=Nc1ccc(Cl)c(Cl)c1. The Balaban J connectivity index is 1.71. The molecule has 2 aromatic rings. The van der Waals surface area contributed by atoms with Crippen molar-refractivity contribution in [1.29, 1.82) is 0 Å². The number of nitrogens with zero attached hydrogens (tertiary/aromatic N) is 3. The van der Waals surface area contributed by atoms with Gasteiger partial charge in [-0.25, -0.2) is 4.99 Å². The van der Waals surface area contributed by atoms with Crippen LogP contribution < -0.4 is 9.64 Å². The lowest BCUT2D eigenvalue weighted by Crippen LogP contribution is -2.29. The molecular formula is C20H17Cl2N3O2S2. The summed E-state index contributed by atoms with van der Waals surface area (Å²) in [5, 5.41) is 2.42. The molecule has 0 bridgehead atoms. The molecule has 1 amide bonds. The van der Waals surface area contributed by atoms with Crippen molar-refractivity contribution >= 4 is 69.2 Å². The van der Waals surface area contributed by atoms with Crippen LogP contribution in [-0.2, 0) is 4.79 Å². The maximum atomic E-state index is 13.1. The molecule has 2 aromatic carbocycles. The third-order valence-electron chi connectivity index (χ3n) is 4.54. The summed E-state index contributed by atoms with van der Waals surface area (Å²) in [7, 11) is 3.60. The van der Waals surface area contributed by atoms with Gasteiger partial charge in [0.1, 0.15) is 10.7 Å². The van der Waals surface area contributed by atoms with Crippen LogP contribution in [0.2, 0.25) is 10.0 Å². The highest BCUT2D eigenvalue weighted by Gasteiger charge is 2.38. The van der Waals surface area contributed by atoms with Gasteiger partial charge in [-0.05, 0) is 49.0 Å². The van der Waals surface area contributed by atoms with Crippen LogP contribution in [0.4, 0.5) is 11.4 Å². The molecule has 9 heteroatoms. The Morgan fingerprint density at radius 1 is 1.10 bits per heavy atom. The maximum Gasteiger partial charge on any atom is 0.269 e. The summed E-state index contributed by atoms with van der Waals surface area (Å²) < 4.78 is 5.33. The minimum Gasteiger partial charge on any atom is -0.497 e. The lowest BCUT2D eigenvalue weighted by Gasteiger charge is -2.15. The van der Waals surface area contributed by atoms with E-state index in [1.807, 2.05) is 37.1 Å². The van der Waals surface area contributed by atoms with E-state index in [-0.39, 0.29) is 5.91 Å². The largest absolute Gasteiger partial charge is 0.497 e. The number of thioether (sulfide) groups is 2. The van der Waals surface area contributed by atoms with Crippen LogP contribution in [0.25, 0.3) is 0 Å². The third-order valence-corrected chi connectivity index (χ3v) is 7.71. The Hall–Kier alpha value is -1.80. The molecule has 1 saturated heterocycles. The predicted molar refractivity (Wildman–Crippen MR) is 123 cm³/mol. The Morgan fingerprint density at radius 2 is 1.90 bits per heavy atom. The van der Waals surface area contributed by atoms with E-state index in [9.17, 15) is 4.79 Å². The predicted octanol–water partition coefficient (Wildman–Crippen LogP) is 6.00. The first kappa shape index (κ1) is 20.5. The van der Waals surface area contributed by atoms with Crippen molar-refractivity contribution in [2.45, 2.75) is 11.8 Å². The first-order valence-electron chi connectivity index (χ1n) is 8.80. The second kappa shape index (κ2) is 8.14. The number of benzene rings is 2. The molecule has 29 heavy (non-hydrogen) atoms. The molecule has 5 nitrogen and oxygen atoms in total. The van der Waals surface area contributed by atoms with Gasteiger partial charge in [0.2, 0.25) is 0 Å². The lowest BCUT2D eigenvalue weighted by molar-refractivity contribution is -0.122. The Morgan fingerprint density at radius 3 is 2.59 bits per heavy atom. The highest BCUT2D eigenvalue weighted by molar-refractivity contribution is 8.19. The van der Waals surface area contributed by atoms with Crippen LogP contribution in [0.1, 0.15) is 6.92 Å². The number of rotatable bonds is 3. The quantitative estimate of drug-likeness (QED) is 0.520. The van der Waals surface area contributed by atoms with E-state index in [1.54, 1.807) is 42.0 Å². The summed E-state index contributed by atoms with van der Waals surface area (Å²) in [5.74, 6) is 0.732. The molecule has 2 heterocycles. The topological polar surface area (TPSA) is 45.1 Å². The van der Waals surface area contributed by atoms with Crippen molar-refractivity contribution in [1.82, 2.24) is 4.90 Å². The second-order valence-electron chi connectivity index (χ2n) is 6.27. The van der Waals surface area contributed by atoms with E-state index < -0.39 is 0 Å². The summed E-state index contributed by atoms with van der Waals surface area (Å²) in [5.41, 5.74) is 1.67. The first-order valence-corrected chi connectivity index (χ1v) is 11.2. The zero-order valence-electron chi connectivity index (χ0n) is 15.9. The molecule has 1 fully saturated rings. The minimum atomic E-state index is -0.0505. The molecule has 2 aliphatic heterocycles. The molecule has 0 N–H and O–H groups in total. The normalized spacial score (nSPS) is 20.0.